The Morgan fingerprint density at radius 1 is 1.28 bits per heavy atom. The molecule has 0 aliphatic heterocycles. The molecule has 0 unspecified atom stereocenters. The van der Waals surface area contributed by atoms with Gasteiger partial charge in [0.25, 0.3) is 0 Å². The molecule has 1 N–H and O–H groups in total. The van der Waals surface area contributed by atoms with Crippen molar-refractivity contribution in [2.24, 2.45) is 0 Å². The normalized spacial score (nSPS) is 10.5. The van der Waals surface area contributed by atoms with Gasteiger partial charge < -0.3 is 9.84 Å². The molecule has 0 fully saturated rings. The molecule has 2 aromatic carbocycles. The summed E-state index contributed by atoms with van der Waals surface area (Å²) in [5, 5.41) is 19.2. The van der Waals surface area contributed by atoms with Gasteiger partial charge in [-0.25, -0.2) is 4.98 Å². The molecule has 0 aliphatic carbocycles. The predicted molar refractivity (Wildman–Crippen MR) is 114 cm³/mol. The Morgan fingerprint density at radius 3 is 2.79 bits per heavy atom. The highest BCUT2D eigenvalue weighted by Crippen LogP contribution is 2.35. The van der Waals surface area contributed by atoms with Gasteiger partial charge in [0, 0.05) is 18.2 Å². The van der Waals surface area contributed by atoms with Crippen LogP contribution in [0.2, 0.25) is 0 Å². The van der Waals surface area contributed by atoms with Crippen molar-refractivity contribution in [1.29, 1.82) is 5.26 Å². The molecular formula is C23H22N2O3S. The molecule has 5 nitrogen and oxygen atoms in total. The Kier molecular flexibility index (Phi) is 6.63. The molecule has 1 aromatic heterocycles. The number of carboxylic acids is 1. The standard InChI is InChI=1S/C23H22N2O3S/c1-3-10-28-20-8-6-17(12-18(20)13-24)21-14-25-23(29-21)19-7-4-16(11-15(19)2)5-9-22(26)27/h4,6-8,11-12,14H,3,5,9-10H2,1-2H3,(H,26,27). The number of nitrogens with zero attached hydrogens (tertiary/aromatic N) is 2. The van der Waals surface area contributed by atoms with Crippen LogP contribution in [0, 0.1) is 18.3 Å². The zero-order valence-corrected chi connectivity index (χ0v) is 17.3. The summed E-state index contributed by atoms with van der Waals surface area (Å²) in [7, 11) is 0. The van der Waals surface area contributed by atoms with Gasteiger partial charge in [0.05, 0.1) is 17.0 Å². The fourth-order valence-corrected chi connectivity index (χ4v) is 4.02. The van der Waals surface area contributed by atoms with E-state index in [1.807, 2.05) is 56.4 Å². The van der Waals surface area contributed by atoms with E-state index in [4.69, 9.17) is 9.84 Å². The van der Waals surface area contributed by atoms with Crippen molar-refractivity contribution in [3.05, 3.63) is 59.3 Å². The maximum atomic E-state index is 10.8. The summed E-state index contributed by atoms with van der Waals surface area (Å²) in [6.45, 7) is 4.62. The lowest BCUT2D eigenvalue weighted by Crippen LogP contribution is -1.97. The zero-order valence-electron chi connectivity index (χ0n) is 16.4. The van der Waals surface area contributed by atoms with E-state index in [0.717, 1.165) is 38.6 Å². The minimum absolute atomic E-state index is 0.124. The Labute approximate surface area is 174 Å². The number of hydrogen-bond acceptors (Lipinski definition) is 5. The van der Waals surface area contributed by atoms with Crippen LogP contribution in [0.3, 0.4) is 0 Å². The lowest BCUT2D eigenvalue weighted by molar-refractivity contribution is -0.136. The van der Waals surface area contributed by atoms with E-state index >= 15 is 0 Å². The van der Waals surface area contributed by atoms with E-state index in [2.05, 4.69) is 11.1 Å². The number of carboxylic acid groups (broad SMARTS) is 1. The molecule has 0 saturated heterocycles. The van der Waals surface area contributed by atoms with Gasteiger partial charge in [-0.3, -0.25) is 4.79 Å². The van der Waals surface area contributed by atoms with E-state index in [1.165, 1.54) is 0 Å². The van der Waals surface area contributed by atoms with Gasteiger partial charge in [-0.15, -0.1) is 11.3 Å². The summed E-state index contributed by atoms with van der Waals surface area (Å²) in [5.41, 5.74) is 4.56. The number of benzene rings is 2. The Bertz CT molecular complexity index is 1070. The van der Waals surface area contributed by atoms with Crippen LogP contribution in [0.1, 0.15) is 36.5 Å². The van der Waals surface area contributed by atoms with Gasteiger partial charge in [-0.2, -0.15) is 5.26 Å². The van der Waals surface area contributed by atoms with E-state index in [1.54, 1.807) is 11.3 Å². The summed E-state index contributed by atoms with van der Waals surface area (Å²) < 4.78 is 5.63. The number of ether oxygens (including phenoxy) is 1. The van der Waals surface area contributed by atoms with Crippen LogP contribution in [0.15, 0.2) is 42.6 Å². The second-order valence-electron chi connectivity index (χ2n) is 6.74. The topological polar surface area (TPSA) is 83.2 Å². The predicted octanol–water partition coefficient (Wildman–Crippen LogP) is 5.46. The minimum Gasteiger partial charge on any atom is -0.492 e. The second kappa shape index (κ2) is 9.35. The van der Waals surface area contributed by atoms with Crippen LogP contribution in [0.5, 0.6) is 5.75 Å². The molecule has 0 radical (unpaired) electrons. The summed E-state index contributed by atoms with van der Waals surface area (Å²) in [6, 6.07) is 13.8. The third-order valence-electron chi connectivity index (χ3n) is 4.50. The van der Waals surface area contributed by atoms with E-state index < -0.39 is 5.97 Å². The quantitative estimate of drug-likeness (QED) is 0.537. The van der Waals surface area contributed by atoms with Crippen molar-refractivity contribution in [2.45, 2.75) is 33.1 Å². The number of hydrogen-bond donors (Lipinski definition) is 1. The fourth-order valence-electron chi connectivity index (χ4n) is 3.01. The van der Waals surface area contributed by atoms with Gasteiger partial charge in [-0.05, 0) is 54.7 Å². The summed E-state index contributed by atoms with van der Waals surface area (Å²) >= 11 is 1.56. The van der Waals surface area contributed by atoms with Crippen molar-refractivity contribution in [3.8, 4) is 32.8 Å². The average Bonchev–Trinajstić information content (AvgIpc) is 3.20. The smallest absolute Gasteiger partial charge is 0.303 e. The molecule has 0 spiro atoms. The highest BCUT2D eigenvalue weighted by atomic mass is 32.1. The number of carbonyl (C=O) groups is 1. The second-order valence-corrected chi connectivity index (χ2v) is 7.77. The third kappa shape index (κ3) is 5.01. The average molecular weight is 407 g/mol. The largest absolute Gasteiger partial charge is 0.492 e. The minimum atomic E-state index is -0.792. The number of thiazole rings is 1. The van der Waals surface area contributed by atoms with Crippen molar-refractivity contribution in [2.75, 3.05) is 6.61 Å². The highest BCUT2D eigenvalue weighted by molar-refractivity contribution is 7.18. The molecule has 0 atom stereocenters. The zero-order chi connectivity index (χ0) is 20.8. The number of aromatic nitrogens is 1. The lowest BCUT2D eigenvalue weighted by Gasteiger charge is -2.07. The number of aryl methyl sites for hydroxylation is 2. The van der Waals surface area contributed by atoms with Crippen LogP contribution < -0.4 is 4.74 Å². The third-order valence-corrected chi connectivity index (χ3v) is 5.58. The lowest BCUT2D eigenvalue weighted by atomic mass is 10.0. The van der Waals surface area contributed by atoms with Gasteiger partial charge in [0.2, 0.25) is 0 Å². The Balaban J connectivity index is 1.84. The first-order valence-corrected chi connectivity index (χ1v) is 10.3. The molecule has 0 aliphatic rings. The van der Waals surface area contributed by atoms with Crippen molar-refractivity contribution in [1.82, 2.24) is 4.98 Å². The van der Waals surface area contributed by atoms with Crippen LogP contribution in [-0.4, -0.2) is 22.7 Å². The molecular weight excluding hydrogens is 384 g/mol. The molecule has 1 heterocycles. The van der Waals surface area contributed by atoms with Crippen molar-refractivity contribution in [3.63, 3.8) is 0 Å². The molecule has 6 heteroatoms. The first-order valence-electron chi connectivity index (χ1n) is 9.46. The molecule has 148 valence electrons. The maximum Gasteiger partial charge on any atom is 0.303 e. The summed E-state index contributed by atoms with van der Waals surface area (Å²) in [6.07, 6.45) is 3.35. The van der Waals surface area contributed by atoms with Crippen LogP contribution in [0.25, 0.3) is 21.0 Å². The van der Waals surface area contributed by atoms with Gasteiger partial charge in [-0.1, -0.05) is 25.1 Å². The van der Waals surface area contributed by atoms with Crippen LogP contribution in [0.4, 0.5) is 0 Å². The van der Waals surface area contributed by atoms with E-state index in [-0.39, 0.29) is 6.42 Å². The first kappa shape index (κ1) is 20.6. The molecule has 29 heavy (non-hydrogen) atoms. The fraction of sp³-hybridized carbons (Fsp3) is 0.261. The number of nitriles is 1. The molecule has 0 bridgehead atoms. The van der Waals surface area contributed by atoms with Gasteiger partial charge >= 0.3 is 5.97 Å². The number of aliphatic carboxylic acids is 1. The molecule has 0 amide bonds. The monoisotopic (exact) mass is 406 g/mol. The highest BCUT2D eigenvalue weighted by Gasteiger charge is 2.12. The van der Waals surface area contributed by atoms with Gasteiger partial charge in [0.1, 0.15) is 16.8 Å². The number of rotatable bonds is 8. The Morgan fingerprint density at radius 2 is 2.10 bits per heavy atom. The molecule has 3 rings (SSSR count). The van der Waals surface area contributed by atoms with Crippen molar-refractivity contribution >= 4 is 17.3 Å². The maximum absolute atomic E-state index is 10.8. The van der Waals surface area contributed by atoms with E-state index in [0.29, 0.717) is 24.3 Å². The summed E-state index contributed by atoms with van der Waals surface area (Å²) in [4.78, 5) is 16.3. The van der Waals surface area contributed by atoms with Gasteiger partial charge in [0.15, 0.2) is 0 Å². The Hall–Kier alpha value is -3.17. The van der Waals surface area contributed by atoms with Crippen molar-refractivity contribution < 1.29 is 14.6 Å². The SMILES string of the molecule is CCCOc1ccc(-c2cnc(-c3ccc(CCC(=O)O)cc3C)s2)cc1C#N. The molecule has 3 aromatic rings. The summed E-state index contributed by atoms with van der Waals surface area (Å²) in [5.74, 6) is -0.185. The van der Waals surface area contributed by atoms with Crippen LogP contribution >= 0.6 is 11.3 Å². The van der Waals surface area contributed by atoms with E-state index in [9.17, 15) is 10.1 Å². The first-order chi connectivity index (χ1) is 14.0. The molecule has 0 saturated carbocycles. The van der Waals surface area contributed by atoms with Crippen LogP contribution in [-0.2, 0) is 11.2 Å².